The third kappa shape index (κ3) is 7.30. The third-order valence-electron chi connectivity index (χ3n) is 2.30. The van der Waals surface area contributed by atoms with Crippen molar-refractivity contribution in [3.8, 4) is 0 Å². The van der Waals surface area contributed by atoms with Crippen LogP contribution in [0.25, 0.3) is 0 Å². The fourth-order valence-electron chi connectivity index (χ4n) is 1.38. The van der Waals surface area contributed by atoms with Crippen molar-refractivity contribution in [3.63, 3.8) is 0 Å². The first kappa shape index (κ1) is 13.9. The highest BCUT2D eigenvalue weighted by atomic mass is 16.3. The van der Waals surface area contributed by atoms with Gasteiger partial charge in [-0.1, -0.05) is 27.7 Å². The Kier molecular flexibility index (Phi) is 8.14. The second-order valence-electron chi connectivity index (χ2n) is 4.19. The SMILES string of the molecule is CCN(CC)C[C@@H](O)CNCC(C)C. The van der Waals surface area contributed by atoms with E-state index in [1.807, 2.05) is 0 Å². The number of hydrogen-bond donors (Lipinski definition) is 2. The van der Waals surface area contributed by atoms with Crippen LogP contribution in [0, 0.1) is 5.92 Å². The average Bonchev–Trinajstić information content (AvgIpc) is 2.13. The Morgan fingerprint density at radius 2 is 1.71 bits per heavy atom. The maximum Gasteiger partial charge on any atom is 0.0791 e. The minimum Gasteiger partial charge on any atom is -0.390 e. The van der Waals surface area contributed by atoms with Gasteiger partial charge in [-0.05, 0) is 25.6 Å². The molecule has 0 aliphatic rings. The Morgan fingerprint density at radius 1 is 1.14 bits per heavy atom. The Labute approximate surface area is 88.5 Å². The molecule has 0 unspecified atom stereocenters. The predicted molar refractivity (Wildman–Crippen MR) is 61.5 cm³/mol. The molecule has 0 saturated carbocycles. The topological polar surface area (TPSA) is 35.5 Å². The molecule has 1 atom stereocenters. The molecule has 3 nitrogen and oxygen atoms in total. The lowest BCUT2D eigenvalue weighted by molar-refractivity contribution is 0.116. The molecule has 0 spiro atoms. The van der Waals surface area contributed by atoms with Crippen LogP contribution in [0.3, 0.4) is 0 Å². The lowest BCUT2D eigenvalue weighted by atomic mass is 10.2. The second kappa shape index (κ2) is 8.21. The van der Waals surface area contributed by atoms with Crippen LogP contribution in [0.4, 0.5) is 0 Å². The molecule has 2 N–H and O–H groups in total. The maximum atomic E-state index is 9.69. The summed E-state index contributed by atoms with van der Waals surface area (Å²) in [4.78, 5) is 2.24. The van der Waals surface area contributed by atoms with Gasteiger partial charge in [0, 0.05) is 13.1 Å². The van der Waals surface area contributed by atoms with E-state index >= 15 is 0 Å². The Balaban J connectivity index is 3.48. The number of likely N-dealkylation sites (N-methyl/N-ethyl adjacent to an activating group) is 1. The van der Waals surface area contributed by atoms with E-state index in [0.717, 1.165) is 26.2 Å². The van der Waals surface area contributed by atoms with E-state index < -0.39 is 0 Å². The molecule has 0 rings (SSSR count). The molecule has 3 heteroatoms. The molecule has 14 heavy (non-hydrogen) atoms. The minimum atomic E-state index is -0.242. The van der Waals surface area contributed by atoms with Crippen LogP contribution < -0.4 is 5.32 Å². The summed E-state index contributed by atoms with van der Waals surface area (Å²) in [7, 11) is 0. The van der Waals surface area contributed by atoms with Crippen LogP contribution >= 0.6 is 0 Å². The molecule has 86 valence electrons. The van der Waals surface area contributed by atoms with E-state index in [1.54, 1.807) is 0 Å². The first-order valence-corrected chi connectivity index (χ1v) is 5.71. The van der Waals surface area contributed by atoms with Crippen molar-refractivity contribution in [2.45, 2.75) is 33.8 Å². The first-order valence-electron chi connectivity index (χ1n) is 5.71. The van der Waals surface area contributed by atoms with Crippen molar-refractivity contribution in [2.75, 3.05) is 32.7 Å². The quantitative estimate of drug-likeness (QED) is 0.615. The van der Waals surface area contributed by atoms with Crippen molar-refractivity contribution in [1.82, 2.24) is 10.2 Å². The molecule has 0 radical (unpaired) electrons. The van der Waals surface area contributed by atoms with Crippen LogP contribution in [0.2, 0.25) is 0 Å². The summed E-state index contributed by atoms with van der Waals surface area (Å²) >= 11 is 0. The normalized spacial score (nSPS) is 13.9. The summed E-state index contributed by atoms with van der Waals surface area (Å²) in [6, 6.07) is 0. The zero-order chi connectivity index (χ0) is 11.0. The lowest BCUT2D eigenvalue weighted by Gasteiger charge is -2.22. The molecule has 0 aliphatic heterocycles. The monoisotopic (exact) mass is 202 g/mol. The van der Waals surface area contributed by atoms with Gasteiger partial charge >= 0.3 is 0 Å². The summed E-state index contributed by atoms with van der Waals surface area (Å²) < 4.78 is 0. The van der Waals surface area contributed by atoms with Gasteiger partial charge < -0.3 is 15.3 Å². The zero-order valence-corrected chi connectivity index (χ0v) is 10.1. The molecule has 0 aromatic heterocycles. The molecular formula is C11H26N2O. The number of aliphatic hydroxyl groups excluding tert-OH is 1. The van der Waals surface area contributed by atoms with Gasteiger partial charge in [0.05, 0.1) is 6.10 Å². The molecule has 0 amide bonds. The molecule has 0 aromatic carbocycles. The van der Waals surface area contributed by atoms with Gasteiger partial charge in [0.2, 0.25) is 0 Å². The number of nitrogens with zero attached hydrogens (tertiary/aromatic N) is 1. The molecule has 0 fully saturated rings. The van der Waals surface area contributed by atoms with Gasteiger partial charge in [-0.25, -0.2) is 0 Å². The second-order valence-corrected chi connectivity index (χ2v) is 4.19. The van der Waals surface area contributed by atoms with Crippen molar-refractivity contribution in [2.24, 2.45) is 5.92 Å². The van der Waals surface area contributed by atoms with Gasteiger partial charge in [0.15, 0.2) is 0 Å². The lowest BCUT2D eigenvalue weighted by Crippen LogP contribution is -2.39. The van der Waals surface area contributed by atoms with Crippen molar-refractivity contribution in [3.05, 3.63) is 0 Å². The van der Waals surface area contributed by atoms with E-state index in [2.05, 4.69) is 37.9 Å². The molecule has 0 saturated heterocycles. The Bertz CT molecular complexity index is 124. The highest BCUT2D eigenvalue weighted by Crippen LogP contribution is 1.92. The van der Waals surface area contributed by atoms with Crippen LogP contribution in [0.1, 0.15) is 27.7 Å². The van der Waals surface area contributed by atoms with E-state index in [-0.39, 0.29) is 6.10 Å². The van der Waals surface area contributed by atoms with E-state index in [1.165, 1.54) is 0 Å². The smallest absolute Gasteiger partial charge is 0.0791 e. The van der Waals surface area contributed by atoms with Gasteiger partial charge in [-0.15, -0.1) is 0 Å². The standard InChI is InChI=1S/C11H26N2O/c1-5-13(6-2)9-11(14)8-12-7-10(3)4/h10-12,14H,5-9H2,1-4H3/t11-/m0/s1. The minimum absolute atomic E-state index is 0.242. The maximum absolute atomic E-state index is 9.69. The summed E-state index contributed by atoms with van der Waals surface area (Å²) in [6.45, 7) is 13.1. The molecule has 0 aliphatic carbocycles. The molecular weight excluding hydrogens is 176 g/mol. The van der Waals surface area contributed by atoms with Gasteiger partial charge in [0.25, 0.3) is 0 Å². The number of aliphatic hydroxyl groups is 1. The van der Waals surface area contributed by atoms with Crippen LogP contribution in [-0.4, -0.2) is 48.8 Å². The summed E-state index contributed by atoms with van der Waals surface area (Å²) in [5.41, 5.74) is 0. The van der Waals surface area contributed by atoms with Crippen LogP contribution in [0.15, 0.2) is 0 Å². The number of hydrogen-bond acceptors (Lipinski definition) is 3. The zero-order valence-electron chi connectivity index (χ0n) is 10.1. The number of rotatable bonds is 8. The molecule has 0 bridgehead atoms. The third-order valence-corrected chi connectivity index (χ3v) is 2.30. The fourth-order valence-corrected chi connectivity index (χ4v) is 1.38. The largest absolute Gasteiger partial charge is 0.390 e. The van der Waals surface area contributed by atoms with Crippen LogP contribution in [-0.2, 0) is 0 Å². The average molecular weight is 202 g/mol. The van der Waals surface area contributed by atoms with Gasteiger partial charge in [-0.3, -0.25) is 0 Å². The summed E-state index contributed by atoms with van der Waals surface area (Å²) in [5.74, 6) is 0.649. The van der Waals surface area contributed by atoms with E-state index in [0.29, 0.717) is 12.5 Å². The van der Waals surface area contributed by atoms with Crippen molar-refractivity contribution in [1.29, 1.82) is 0 Å². The number of nitrogens with one attached hydrogen (secondary N) is 1. The van der Waals surface area contributed by atoms with Crippen molar-refractivity contribution < 1.29 is 5.11 Å². The Morgan fingerprint density at radius 3 is 2.14 bits per heavy atom. The first-order chi connectivity index (χ1) is 6.60. The van der Waals surface area contributed by atoms with E-state index in [4.69, 9.17) is 0 Å². The highest BCUT2D eigenvalue weighted by Gasteiger charge is 2.08. The van der Waals surface area contributed by atoms with Gasteiger partial charge in [0.1, 0.15) is 0 Å². The Hall–Kier alpha value is -0.120. The molecule has 0 heterocycles. The summed E-state index contributed by atoms with van der Waals surface area (Å²) in [6.07, 6.45) is -0.242. The van der Waals surface area contributed by atoms with Crippen molar-refractivity contribution >= 4 is 0 Å². The highest BCUT2D eigenvalue weighted by molar-refractivity contribution is 4.65. The fraction of sp³-hybridized carbons (Fsp3) is 1.00. The van der Waals surface area contributed by atoms with Gasteiger partial charge in [-0.2, -0.15) is 0 Å². The van der Waals surface area contributed by atoms with E-state index in [9.17, 15) is 5.11 Å². The molecule has 0 aromatic rings. The van der Waals surface area contributed by atoms with Crippen LogP contribution in [0.5, 0.6) is 0 Å². The summed E-state index contributed by atoms with van der Waals surface area (Å²) in [5, 5.41) is 13.0. The predicted octanol–water partition coefficient (Wildman–Crippen LogP) is 0.935.